The molecular formula is C13H19NO2. The van der Waals surface area contributed by atoms with Crippen molar-refractivity contribution in [3.05, 3.63) is 23.8 Å². The van der Waals surface area contributed by atoms with Crippen molar-refractivity contribution in [1.29, 1.82) is 0 Å². The molecule has 0 saturated heterocycles. The monoisotopic (exact) mass is 221 g/mol. The minimum Gasteiger partial charge on any atom is -0.508 e. The molecule has 0 radical (unpaired) electrons. The maximum atomic E-state index is 9.43. The van der Waals surface area contributed by atoms with Crippen LogP contribution in [0.5, 0.6) is 11.5 Å². The van der Waals surface area contributed by atoms with Crippen LogP contribution in [0.3, 0.4) is 0 Å². The van der Waals surface area contributed by atoms with Gasteiger partial charge < -0.3 is 9.84 Å². The van der Waals surface area contributed by atoms with Gasteiger partial charge in [-0.3, -0.25) is 4.90 Å². The van der Waals surface area contributed by atoms with E-state index in [0.717, 1.165) is 31.9 Å². The second-order valence-corrected chi connectivity index (χ2v) is 4.10. The standard InChI is InChI=1S/C13H19NO2/c1-3-14(4-2)12-7-8-16-13-9-10(15)5-6-11(12)13/h5-6,9,12,15H,3-4,7-8H2,1-2H3. The lowest BCUT2D eigenvalue weighted by atomic mass is 9.98. The van der Waals surface area contributed by atoms with Crippen LogP contribution in [0.4, 0.5) is 0 Å². The number of benzene rings is 1. The number of phenolic OH excluding ortho intramolecular Hbond substituents is 1. The lowest BCUT2D eigenvalue weighted by Gasteiger charge is -2.34. The van der Waals surface area contributed by atoms with Crippen molar-refractivity contribution in [2.75, 3.05) is 19.7 Å². The second-order valence-electron chi connectivity index (χ2n) is 4.10. The molecule has 0 aliphatic carbocycles. The molecule has 3 heteroatoms. The molecular weight excluding hydrogens is 202 g/mol. The highest BCUT2D eigenvalue weighted by molar-refractivity contribution is 5.43. The van der Waals surface area contributed by atoms with Gasteiger partial charge in [-0.15, -0.1) is 0 Å². The number of nitrogens with zero attached hydrogens (tertiary/aromatic N) is 1. The lowest BCUT2D eigenvalue weighted by molar-refractivity contribution is 0.151. The topological polar surface area (TPSA) is 32.7 Å². The number of rotatable bonds is 3. The second kappa shape index (κ2) is 4.74. The van der Waals surface area contributed by atoms with Crippen molar-refractivity contribution in [3.8, 4) is 11.5 Å². The van der Waals surface area contributed by atoms with E-state index in [1.54, 1.807) is 12.1 Å². The van der Waals surface area contributed by atoms with Gasteiger partial charge in [-0.25, -0.2) is 0 Å². The van der Waals surface area contributed by atoms with Crippen LogP contribution in [0.15, 0.2) is 18.2 Å². The van der Waals surface area contributed by atoms with Crippen molar-refractivity contribution >= 4 is 0 Å². The van der Waals surface area contributed by atoms with Gasteiger partial charge in [0.05, 0.1) is 6.61 Å². The third-order valence-electron chi connectivity index (χ3n) is 3.26. The van der Waals surface area contributed by atoms with Crippen LogP contribution < -0.4 is 4.74 Å². The summed E-state index contributed by atoms with van der Waals surface area (Å²) in [7, 11) is 0. The Kier molecular flexibility index (Phi) is 3.34. The third kappa shape index (κ3) is 2.00. The van der Waals surface area contributed by atoms with E-state index in [1.807, 2.05) is 6.07 Å². The third-order valence-corrected chi connectivity index (χ3v) is 3.26. The summed E-state index contributed by atoms with van der Waals surface area (Å²) in [5.41, 5.74) is 1.20. The van der Waals surface area contributed by atoms with Gasteiger partial charge in [0.2, 0.25) is 0 Å². The molecule has 1 aromatic rings. The van der Waals surface area contributed by atoms with E-state index in [1.165, 1.54) is 5.56 Å². The van der Waals surface area contributed by atoms with Gasteiger partial charge in [-0.05, 0) is 19.2 Å². The van der Waals surface area contributed by atoms with Crippen LogP contribution >= 0.6 is 0 Å². The SMILES string of the molecule is CCN(CC)C1CCOc2cc(O)ccc21. The minimum absolute atomic E-state index is 0.277. The molecule has 16 heavy (non-hydrogen) atoms. The van der Waals surface area contributed by atoms with Crippen molar-refractivity contribution in [3.63, 3.8) is 0 Å². The molecule has 1 heterocycles. The van der Waals surface area contributed by atoms with Gasteiger partial charge >= 0.3 is 0 Å². The number of fused-ring (bicyclic) bond motifs is 1. The first kappa shape index (κ1) is 11.3. The van der Waals surface area contributed by atoms with Gasteiger partial charge in [-0.1, -0.05) is 19.9 Å². The molecule has 0 fully saturated rings. The summed E-state index contributed by atoms with van der Waals surface area (Å²) >= 11 is 0. The highest BCUT2D eigenvalue weighted by Crippen LogP contribution is 2.37. The number of hydrogen-bond donors (Lipinski definition) is 1. The van der Waals surface area contributed by atoms with E-state index < -0.39 is 0 Å². The van der Waals surface area contributed by atoms with E-state index >= 15 is 0 Å². The molecule has 1 aliphatic heterocycles. The molecule has 88 valence electrons. The smallest absolute Gasteiger partial charge is 0.127 e. The zero-order valence-corrected chi connectivity index (χ0v) is 9.94. The average Bonchev–Trinajstić information content (AvgIpc) is 2.30. The Balaban J connectivity index is 2.32. The first-order valence-corrected chi connectivity index (χ1v) is 5.96. The summed E-state index contributed by atoms with van der Waals surface area (Å²) in [6.45, 7) is 7.18. The number of phenols is 1. The predicted molar refractivity (Wildman–Crippen MR) is 63.9 cm³/mol. The fraction of sp³-hybridized carbons (Fsp3) is 0.538. The van der Waals surface area contributed by atoms with Gasteiger partial charge in [0, 0.05) is 24.1 Å². The Hall–Kier alpha value is -1.22. The van der Waals surface area contributed by atoms with E-state index in [9.17, 15) is 5.11 Å². The minimum atomic E-state index is 0.277. The van der Waals surface area contributed by atoms with Gasteiger partial charge in [0.25, 0.3) is 0 Å². The summed E-state index contributed by atoms with van der Waals surface area (Å²) < 4.78 is 5.59. The molecule has 1 N–H and O–H groups in total. The Morgan fingerprint density at radius 3 is 2.81 bits per heavy atom. The Bertz CT molecular complexity index is 361. The molecule has 1 atom stereocenters. The summed E-state index contributed by atoms with van der Waals surface area (Å²) in [6.07, 6.45) is 1.03. The summed E-state index contributed by atoms with van der Waals surface area (Å²) in [5.74, 6) is 1.11. The molecule has 0 spiro atoms. The summed E-state index contributed by atoms with van der Waals surface area (Å²) in [6, 6.07) is 5.86. The summed E-state index contributed by atoms with van der Waals surface area (Å²) in [4.78, 5) is 2.43. The zero-order chi connectivity index (χ0) is 11.5. The zero-order valence-electron chi connectivity index (χ0n) is 9.94. The normalized spacial score (nSPS) is 19.3. The van der Waals surface area contributed by atoms with Crippen LogP contribution in [0.1, 0.15) is 31.9 Å². The van der Waals surface area contributed by atoms with Crippen molar-refractivity contribution in [1.82, 2.24) is 4.90 Å². The predicted octanol–water partition coefficient (Wildman–Crippen LogP) is 2.56. The van der Waals surface area contributed by atoms with E-state index in [4.69, 9.17) is 4.74 Å². The van der Waals surface area contributed by atoms with Crippen LogP contribution in [0.25, 0.3) is 0 Å². The molecule has 1 unspecified atom stereocenters. The van der Waals surface area contributed by atoms with Crippen LogP contribution in [-0.2, 0) is 0 Å². The molecule has 0 amide bonds. The molecule has 2 rings (SSSR count). The average molecular weight is 221 g/mol. The van der Waals surface area contributed by atoms with Gasteiger partial charge in [0.15, 0.2) is 0 Å². The Morgan fingerprint density at radius 1 is 1.38 bits per heavy atom. The highest BCUT2D eigenvalue weighted by Gasteiger charge is 2.25. The molecule has 0 bridgehead atoms. The van der Waals surface area contributed by atoms with Gasteiger partial charge in [-0.2, -0.15) is 0 Å². The van der Waals surface area contributed by atoms with Crippen molar-refractivity contribution < 1.29 is 9.84 Å². The highest BCUT2D eigenvalue weighted by atomic mass is 16.5. The van der Waals surface area contributed by atoms with Crippen LogP contribution in [0.2, 0.25) is 0 Å². The fourth-order valence-corrected chi connectivity index (χ4v) is 2.40. The number of aromatic hydroxyl groups is 1. The lowest BCUT2D eigenvalue weighted by Crippen LogP contribution is -2.32. The molecule has 0 aromatic heterocycles. The molecule has 1 aromatic carbocycles. The van der Waals surface area contributed by atoms with Crippen LogP contribution in [0, 0.1) is 0 Å². The molecule has 1 aliphatic rings. The maximum Gasteiger partial charge on any atom is 0.127 e. The Morgan fingerprint density at radius 2 is 2.12 bits per heavy atom. The van der Waals surface area contributed by atoms with Crippen molar-refractivity contribution in [2.24, 2.45) is 0 Å². The van der Waals surface area contributed by atoms with E-state index in [0.29, 0.717) is 6.04 Å². The molecule has 0 saturated carbocycles. The van der Waals surface area contributed by atoms with Crippen molar-refractivity contribution in [2.45, 2.75) is 26.3 Å². The first-order chi connectivity index (χ1) is 7.76. The van der Waals surface area contributed by atoms with E-state index in [-0.39, 0.29) is 5.75 Å². The number of hydrogen-bond acceptors (Lipinski definition) is 3. The van der Waals surface area contributed by atoms with Crippen LogP contribution in [-0.4, -0.2) is 29.7 Å². The summed E-state index contributed by atoms with van der Waals surface area (Å²) in [5, 5.41) is 9.43. The number of ether oxygens (including phenoxy) is 1. The quantitative estimate of drug-likeness (QED) is 0.851. The van der Waals surface area contributed by atoms with Gasteiger partial charge in [0.1, 0.15) is 11.5 Å². The maximum absolute atomic E-state index is 9.43. The molecule has 3 nitrogen and oxygen atoms in total. The first-order valence-electron chi connectivity index (χ1n) is 5.96. The fourth-order valence-electron chi connectivity index (χ4n) is 2.40. The Labute approximate surface area is 96.6 Å². The van der Waals surface area contributed by atoms with E-state index in [2.05, 4.69) is 18.7 Å². The largest absolute Gasteiger partial charge is 0.508 e.